The van der Waals surface area contributed by atoms with Crippen LogP contribution in [0.4, 0.5) is 4.79 Å². The SMILES string of the molecule is CC1(C)OCC(C=O)(NC(=O)O)CO1. The predicted molar refractivity (Wildman–Crippen MR) is 45.9 cm³/mol. The molecule has 1 aliphatic rings. The average Bonchev–Trinajstić information content (AvgIpc) is 2.09. The molecule has 1 fully saturated rings. The quantitative estimate of drug-likeness (QED) is 0.616. The lowest BCUT2D eigenvalue weighted by atomic mass is 10.0. The standard InChI is InChI=1S/C8H13NO5/c1-7(2)13-4-8(3-10,5-14-7)9-6(11)12/h3,9H,4-5H2,1-2H3,(H,11,12). The fraction of sp³-hybridized carbons (Fsp3) is 0.750. The van der Waals surface area contributed by atoms with Gasteiger partial charge in [-0.2, -0.15) is 0 Å². The number of carboxylic acid groups (broad SMARTS) is 1. The highest BCUT2D eigenvalue weighted by Crippen LogP contribution is 2.22. The van der Waals surface area contributed by atoms with E-state index in [1.165, 1.54) is 0 Å². The summed E-state index contributed by atoms with van der Waals surface area (Å²) in [7, 11) is 0. The largest absolute Gasteiger partial charge is 0.465 e. The second kappa shape index (κ2) is 3.55. The predicted octanol–water partition coefficient (Wildman–Crippen LogP) is -0.0254. The summed E-state index contributed by atoms with van der Waals surface area (Å²) in [4.78, 5) is 21.2. The van der Waals surface area contributed by atoms with Crippen molar-refractivity contribution in [3.8, 4) is 0 Å². The highest BCUT2D eigenvalue weighted by Gasteiger charge is 2.41. The van der Waals surface area contributed by atoms with Gasteiger partial charge >= 0.3 is 6.09 Å². The molecule has 0 aromatic carbocycles. The first kappa shape index (κ1) is 10.9. The van der Waals surface area contributed by atoms with Gasteiger partial charge in [0.2, 0.25) is 0 Å². The number of nitrogens with one attached hydrogen (secondary N) is 1. The molecule has 80 valence electrons. The third kappa shape index (κ3) is 2.43. The van der Waals surface area contributed by atoms with Crippen LogP contribution in [0.3, 0.4) is 0 Å². The molecule has 0 bridgehead atoms. The fourth-order valence-corrected chi connectivity index (χ4v) is 1.07. The number of amides is 1. The van der Waals surface area contributed by atoms with E-state index in [1.807, 2.05) is 0 Å². The first-order valence-corrected chi connectivity index (χ1v) is 4.14. The molecule has 2 N–H and O–H groups in total. The lowest BCUT2D eigenvalue weighted by molar-refractivity contribution is -0.264. The lowest BCUT2D eigenvalue weighted by Crippen LogP contribution is -2.61. The van der Waals surface area contributed by atoms with Gasteiger partial charge in [-0.1, -0.05) is 0 Å². The third-order valence-corrected chi connectivity index (χ3v) is 1.94. The number of carbonyl (C=O) groups is 2. The lowest BCUT2D eigenvalue weighted by Gasteiger charge is -2.39. The minimum atomic E-state index is -1.28. The summed E-state index contributed by atoms with van der Waals surface area (Å²) in [6, 6.07) is 0. The van der Waals surface area contributed by atoms with Gasteiger partial charge in [-0.25, -0.2) is 4.79 Å². The maximum Gasteiger partial charge on any atom is 0.405 e. The van der Waals surface area contributed by atoms with Crippen molar-refractivity contribution >= 4 is 12.4 Å². The third-order valence-electron chi connectivity index (χ3n) is 1.94. The van der Waals surface area contributed by atoms with Gasteiger partial charge < -0.3 is 24.7 Å². The normalized spacial score (nSPS) is 23.9. The summed E-state index contributed by atoms with van der Waals surface area (Å²) in [6.07, 6.45) is -0.778. The van der Waals surface area contributed by atoms with Gasteiger partial charge in [0.15, 0.2) is 5.79 Å². The number of hydrogen-bond acceptors (Lipinski definition) is 4. The zero-order valence-corrected chi connectivity index (χ0v) is 8.07. The van der Waals surface area contributed by atoms with Gasteiger partial charge in [-0.3, -0.25) is 0 Å². The van der Waals surface area contributed by atoms with Crippen LogP contribution in [0.15, 0.2) is 0 Å². The van der Waals surface area contributed by atoms with Crippen molar-refractivity contribution in [2.45, 2.75) is 25.2 Å². The van der Waals surface area contributed by atoms with Crippen molar-refractivity contribution in [1.82, 2.24) is 5.32 Å². The number of ether oxygens (including phenoxy) is 2. The molecule has 0 aromatic rings. The van der Waals surface area contributed by atoms with E-state index in [0.29, 0.717) is 6.29 Å². The minimum absolute atomic E-state index is 0.0181. The highest BCUT2D eigenvalue weighted by atomic mass is 16.7. The molecular formula is C8H13NO5. The summed E-state index contributed by atoms with van der Waals surface area (Å²) in [5.74, 6) is -0.771. The van der Waals surface area contributed by atoms with E-state index in [-0.39, 0.29) is 13.2 Å². The van der Waals surface area contributed by atoms with Gasteiger partial charge in [-0.05, 0) is 13.8 Å². The summed E-state index contributed by atoms with van der Waals surface area (Å²) < 4.78 is 10.4. The molecule has 0 radical (unpaired) electrons. The van der Waals surface area contributed by atoms with Gasteiger partial charge in [0.25, 0.3) is 0 Å². The number of hydrogen-bond donors (Lipinski definition) is 2. The first-order chi connectivity index (χ1) is 6.39. The number of rotatable bonds is 2. The molecule has 0 aliphatic carbocycles. The Balaban J connectivity index is 2.66. The van der Waals surface area contributed by atoms with Crippen molar-refractivity contribution in [1.29, 1.82) is 0 Å². The molecule has 14 heavy (non-hydrogen) atoms. The van der Waals surface area contributed by atoms with Crippen molar-refractivity contribution in [2.24, 2.45) is 0 Å². The minimum Gasteiger partial charge on any atom is -0.465 e. The van der Waals surface area contributed by atoms with Crippen molar-refractivity contribution in [3.63, 3.8) is 0 Å². The van der Waals surface area contributed by atoms with Crippen LogP contribution < -0.4 is 5.32 Å². The zero-order chi connectivity index (χ0) is 10.8. The highest BCUT2D eigenvalue weighted by molar-refractivity contribution is 5.75. The summed E-state index contributed by atoms with van der Waals surface area (Å²) in [5.41, 5.74) is -1.28. The first-order valence-electron chi connectivity index (χ1n) is 4.14. The Hall–Kier alpha value is -1.14. The fourth-order valence-electron chi connectivity index (χ4n) is 1.07. The van der Waals surface area contributed by atoms with Crippen LogP contribution in [0, 0.1) is 0 Å². The second-order valence-corrected chi connectivity index (χ2v) is 3.68. The maximum atomic E-state index is 10.7. The van der Waals surface area contributed by atoms with Crippen LogP contribution in [0.5, 0.6) is 0 Å². The number of aldehydes is 1. The Kier molecular flexibility index (Phi) is 2.77. The van der Waals surface area contributed by atoms with Crippen LogP contribution in [0.2, 0.25) is 0 Å². The Morgan fingerprint density at radius 2 is 1.93 bits per heavy atom. The van der Waals surface area contributed by atoms with Crippen molar-refractivity contribution in [2.75, 3.05) is 13.2 Å². The molecule has 0 aromatic heterocycles. The molecule has 0 saturated carbocycles. The van der Waals surface area contributed by atoms with E-state index in [4.69, 9.17) is 14.6 Å². The molecule has 1 aliphatic heterocycles. The van der Waals surface area contributed by atoms with Gasteiger partial charge in [0.05, 0.1) is 13.2 Å². The molecule has 1 rings (SSSR count). The molecule has 0 unspecified atom stereocenters. The van der Waals surface area contributed by atoms with Crippen LogP contribution in [-0.2, 0) is 14.3 Å². The monoisotopic (exact) mass is 203 g/mol. The molecule has 1 saturated heterocycles. The van der Waals surface area contributed by atoms with E-state index >= 15 is 0 Å². The van der Waals surface area contributed by atoms with Gasteiger partial charge in [0.1, 0.15) is 11.8 Å². The molecule has 6 nitrogen and oxygen atoms in total. The molecule has 6 heteroatoms. The maximum absolute atomic E-state index is 10.7. The van der Waals surface area contributed by atoms with Crippen LogP contribution in [-0.4, -0.2) is 42.0 Å². The van der Waals surface area contributed by atoms with Crippen molar-refractivity contribution in [3.05, 3.63) is 0 Å². The molecule has 0 atom stereocenters. The Bertz CT molecular complexity index is 240. The molecule has 0 spiro atoms. The summed E-state index contributed by atoms with van der Waals surface area (Å²) in [6.45, 7) is 3.36. The smallest absolute Gasteiger partial charge is 0.405 e. The van der Waals surface area contributed by atoms with Crippen molar-refractivity contribution < 1.29 is 24.2 Å². The van der Waals surface area contributed by atoms with E-state index in [9.17, 15) is 9.59 Å². The molecule has 1 heterocycles. The van der Waals surface area contributed by atoms with Crippen LogP contribution in [0.25, 0.3) is 0 Å². The Morgan fingerprint density at radius 1 is 1.43 bits per heavy atom. The van der Waals surface area contributed by atoms with E-state index < -0.39 is 17.4 Å². The molecular weight excluding hydrogens is 190 g/mol. The topological polar surface area (TPSA) is 84.9 Å². The molecule has 1 amide bonds. The van der Waals surface area contributed by atoms with Crippen LogP contribution >= 0.6 is 0 Å². The van der Waals surface area contributed by atoms with E-state index in [2.05, 4.69) is 5.32 Å². The Morgan fingerprint density at radius 3 is 2.29 bits per heavy atom. The second-order valence-electron chi connectivity index (χ2n) is 3.68. The zero-order valence-electron chi connectivity index (χ0n) is 8.07. The van der Waals surface area contributed by atoms with Gasteiger partial charge in [-0.15, -0.1) is 0 Å². The van der Waals surface area contributed by atoms with Crippen LogP contribution in [0.1, 0.15) is 13.8 Å². The summed E-state index contributed by atoms with van der Waals surface area (Å²) in [5, 5.41) is 10.6. The van der Waals surface area contributed by atoms with Gasteiger partial charge in [0, 0.05) is 0 Å². The van der Waals surface area contributed by atoms with E-state index in [1.54, 1.807) is 13.8 Å². The Labute approximate surface area is 81.2 Å². The summed E-state index contributed by atoms with van der Waals surface area (Å²) >= 11 is 0. The van der Waals surface area contributed by atoms with E-state index in [0.717, 1.165) is 0 Å². The average molecular weight is 203 g/mol. The number of carbonyl (C=O) groups excluding carboxylic acids is 1.